The summed E-state index contributed by atoms with van der Waals surface area (Å²) in [6, 6.07) is 0. The van der Waals surface area contributed by atoms with Crippen LogP contribution in [0.15, 0.2) is 0 Å². The van der Waals surface area contributed by atoms with Gasteiger partial charge in [-0.05, 0) is 13.8 Å². The summed E-state index contributed by atoms with van der Waals surface area (Å²) in [5.74, 6) is 0. The third-order valence-electron chi connectivity index (χ3n) is 0.644. The first-order chi connectivity index (χ1) is 4.83. The van der Waals surface area contributed by atoms with Crippen LogP contribution in [0.4, 0.5) is 0 Å². The number of hydrogen-bond acceptors (Lipinski definition) is 3. The van der Waals surface area contributed by atoms with Gasteiger partial charge in [0.25, 0.3) is 0 Å². The second-order valence-electron chi connectivity index (χ2n) is 1.48. The van der Waals surface area contributed by atoms with Crippen LogP contribution in [0.1, 0.15) is 13.8 Å². The van der Waals surface area contributed by atoms with Crippen molar-refractivity contribution < 1.29 is 14.2 Å². The lowest BCUT2D eigenvalue weighted by molar-refractivity contribution is -0.00271. The molecule has 0 amide bonds. The molecular formula is C7H18O3. The lowest BCUT2D eigenvalue weighted by atomic mass is 10.8. The zero-order valence-electron chi connectivity index (χ0n) is 7.35. The predicted molar refractivity (Wildman–Crippen MR) is 41.1 cm³/mol. The first-order valence-corrected chi connectivity index (χ1v) is 3.39. The third kappa shape index (κ3) is 24.8. The second kappa shape index (κ2) is 15.9. The van der Waals surface area contributed by atoms with Crippen LogP contribution in [0.25, 0.3) is 0 Å². The van der Waals surface area contributed by atoms with Gasteiger partial charge in [-0.2, -0.15) is 0 Å². The van der Waals surface area contributed by atoms with Gasteiger partial charge >= 0.3 is 0 Å². The molecule has 3 nitrogen and oxygen atoms in total. The molecule has 0 aliphatic rings. The Bertz CT molecular complexity index is 29.8. The molecule has 0 saturated heterocycles. The maximum Gasteiger partial charge on any atom is 0.145 e. The van der Waals surface area contributed by atoms with Crippen molar-refractivity contribution in [3.05, 3.63) is 0 Å². The Morgan fingerprint density at radius 3 is 1.30 bits per heavy atom. The van der Waals surface area contributed by atoms with Gasteiger partial charge in [0.05, 0.1) is 0 Å². The lowest BCUT2D eigenvalue weighted by Crippen LogP contribution is -1.87. The molecule has 0 N–H and O–H groups in total. The van der Waals surface area contributed by atoms with E-state index in [-0.39, 0.29) is 0 Å². The Morgan fingerprint density at radius 2 is 1.30 bits per heavy atom. The smallest absolute Gasteiger partial charge is 0.145 e. The Morgan fingerprint density at radius 1 is 0.900 bits per heavy atom. The molecule has 0 unspecified atom stereocenters. The van der Waals surface area contributed by atoms with E-state index in [0.29, 0.717) is 6.79 Å². The van der Waals surface area contributed by atoms with E-state index in [1.807, 2.05) is 13.8 Å². The molecule has 0 heterocycles. The molecule has 0 aromatic heterocycles. The molecule has 0 fully saturated rings. The van der Waals surface area contributed by atoms with Crippen molar-refractivity contribution in [2.45, 2.75) is 13.8 Å². The van der Waals surface area contributed by atoms with Crippen molar-refractivity contribution in [2.24, 2.45) is 0 Å². The lowest BCUT2D eigenvalue weighted by Gasteiger charge is -1.87. The molecule has 0 aromatic rings. The molecule has 0 aromatic carbocycles. The van der Waals surface area contributed by atoms with E-state index in [4.69, 9.17) is 4.74 Å². The molecule has 64 valence electrons. The fourth-order valence-corrected chi connectivity index (χ4v) is 0.322. The van der Waals surface area contributed by atoms with Crippen molar-refractivity contribution in [3.8, 4) is 0 Å². The Balaban J connectivity index is 0. The van der Waals surface area contributed by atoms with Crippen LogP contribution in [0.2, 0.25) is 0 Å². The number of hydrogen-bond donors (Lipinski definition) is 0. The van der Waals surface area contributed by atoms with E-state index in [1.54, 1.807) is 14.2 Å². The van der Waals surface area contributed by atoms with Crippen molar-refractivity contribution in [1.82, 2.24) is 0 Å². The van der Waals surface area contributed by atoms with Gasteiger partial charge in [0.1, 0.15) is 6.79 Å². The van der Waals surface area contributed by atoms with Gasteiger partial charge in [-0.3, -0.25) is 0 Å². The molecule has 10 heavy (non-hydrogen) atoms. The molecule has 0 bridgehead atoms. The average molecular weight is 150 g/mol. The minimum absolute atomic E-state index is 0.389. The molecule has 0 spiro atoms. The monoisotopic (exact) mass is 150 g/mol. The van der Waals surface area contributed by atoms with Gasteiger partial charge in [0.15, 0.2) is 0 Å². The number of ether oxygens (including phenoxy) is 3. The highest BCUT2D eigenvalue weighted by Crippen LogP contribution is 1.64. The van der Waals surface area contributed by atoms with Gasteiger partial charge in [0.2, 0.25) is 0 Å². The van der Waals surface area contributed by atoms with Crippen molar-refractivity contribution in [1.29, 1.82) is 0 Å². The molecule has 0 rings (SSSR count). The van der Waals surface area contributed by atoms with Crippen molar-refractivity contribution in [2.75, 3.05) is 34.2 Å². The average Bonchev–Trinajstić information content (AvgIpc) is 1.93. The molecule has 0 aliphatic heterocycles. The summed E-state index contributed by atoms with van der Waals surface area (Å²) in [5, 5.41) is 0. The largest absolute Gasteiger partial charge is 0.382 e. The van der Waals surface area contributed by atoms with Gasteiger partial charge in [0, 0.05) is 27.4 Å². The van der Waals surface area contributed by atoms with E-state index in [2.05, 4.69) is 9.47 Å². The van der Waals surface area contributed by atoms with Crippen LogP contribution in [0.3, 0.4) is 0 Å². The minimum Gasteiger partial charge on any atom is -0.382 e. The summed E-state index contributed by atoms with van der Waals surface area (Å²) in [7, 11) is 3.17. The van der Waals surface area contributed by atoms with E-state index in [9.17, 15) is 0 Å². The van der Waals surface area contributed by atoms with Crippen LogP contribution in [-0.4, -0.2) is 34.2 Å². The minimum atomic E-state index is 0.389. The highest BCUT2D eigenvalue weighted by molar-refractivity contribution is 4.07. The van der Waals surface area contributed by atoms with Gasteiger partial charge in [-0.1, -0.05) is 0 Å². The summed E-state index contributed by atoms with van der Waals surface area (Å²) in [5.41, 5.74) is 0. The van der Waals surface area contributed by atoms with Crippen molar-refractivity contribution >= 4 is 0 Å². The predicted octanol–water partition coefficient (Wildman–Crippen LogP) is 1.28. The Hall–Kier alpha value is -0.120. The highest BCUT2D eigenvalue weighted by atomic mass is 16.6. The summed E-state index contributed by atoms with van der Waals surface area (Å²) in [6.07, 6.45) is 0. The maximum atomic E-state index is 4.83. The first-order valence-electron chi connectivity index (χ1n) is 3.39. The van der Waals surface area contributed by atoms with Crippen molar-refractivity contribution in [3.63, 3.8) is 0 Å². The first kappa shape index (κ1) is 12.5. The van der Waals surface area contributed by atoms with Gasteiger partial charge < -0.3 is 14.2 Å². The van der Waals surface area contributed by atoms with E-state index < -0.39 is 0 Å². The molecular weight excluding hydrogens is 132 g/mol. The van der Waals surface area contributed by atoms with E-state index in [1.165, 1.54) is 0 Å². The van der Waals surface area contributed by atoms with Crippen LogP contribution in [-0.2, 0) is 14.2 Å². The van der Waals surface area contributed by atoms with E-state index in [0.717, 1.165) is 13.2 Å². The summed E-state index contributed by atoms with van der Waals surface area (Å²) in [6.45, 7) is 6.06. The summed E-state index contributed by atoms with van der Waals surface area (Å²) < 4.78 is 13.8. The van der Waals surface area contributed by atoms with Crippen LogP contribution in [0.5, 0.6) is 0 Å². The molecule has 0 atom stereocenters. The van der Waals surface area contributed by atoms with Crippen LogP contribution >= 0.6 is 0 Å². The molecule has 3 heteroatoms. The Kier molecular flexibility index (Phi) is 20.0. The number of rotatable bonds is 4. The number of methoxy groups -OCH3 is 2. The molecule has 0 aliphatic carbocycles. The van der Waals surface area contributed by atoms with E-state index >= 15 is 0 Å². The second-order valence-corrected chi connectivity index (χ2v) is 1.48. The zero-order valence-corrected chi connectivity index (χ0v) is 7.35. The summed E-state index contributed by atoms with van der Waals surface area (Å²) >= 11 is 0. The topological polar surface area (TPSA) is 27.7 Å². The fourth-order valence-electron chi connectivity index (χ4n) is 0.322. The van der Waals surface area contributed by atoms with Crippen LogP contribution in [0, 0.1) is 0 Å². The normalized spacial score (nSPS) is 8.40. The quantitative estimate of drug-likeness (QED) is 0.565. The van der Waals surface area contributed by atoms with Crippen LogP contribution < -0.4 is 0 Å². The maximum absolute atomic E-state index is 4.83. The summed E-state index contributed by atoms with van der Waals surface area (Å²) in [4.78, 5) is 0. The van der Waals surface area contributed by atoms with Gasteiger partial charge in [-0.25, -0.2) is 0 Å². The Labute approximate surface area is 63.3 Å². The standard InChI is InChI=1S/C4H10O.C3H8O2/c1-3-5-4-2;1-4-3-5-2/h3-4H2,1-2H3;3H2,1-2H3. The van der Waals surface area contributed by atoms with Gasteiger partial charge in [-0.15, -0.1) is 0 Å². The SMILES string of the molecule is CCOCC.COCOC. The fraction of sp³-hybridized carbons (Fsp3) is 1.00. The highest BCUT2D eigenvalue weighted by Gasteiger charge is 1.64. The third-order valence-corrected chi connectivity index (χ3v) is 0.644. The zero-order chi connectivity index (χ0) is 8.24. The molecule has 0 radical (unpaired) electrons. The molecule has 0 saturated carbocycles.